The van der Waals surface area contributed by atoms with Crippen LogP contribution in [-0.4, -0.2) is 61.6 Å². The smallest absolute Gasteiger partial charge is 0.241 e. The maximum absolute atomic E-state index is 13.9. The van der Waals surface area contributed by atoms with Crippen molar-refractivity contribution in [3.63, 3.8) is 0 Å². The minimum Gasteiger partial charge on any atom is -0.383 e. The van der Waals surface area contributed by atoms with Crippen molar-refractivity contribution in [2.24, 2.45) is 5.73 Å². The van der Waals surface area contributed by atoms with Crippen molar-refractivity contribution in [3.8, 4) is 10.4 Å². The van der Waals surface area contributed by atoms with Gasteiger partial charge in [-0.3, -0.25) is 9.69 Å². The van der Waals surface area contributed by atoms with E-state index in [4.69, 9.17) is 10.5 Å². The molecule has 156 valence electrons. The zero-order valence-corrected chi connectivity index (χ0v) is 18.1. The highest BCUT2D eigenvalue weighted by atomic mass is 35.5. The van der Waals surface area contributed by atoms with Gasteiger partial charge in [0.05, 0.1) is 6.61 Å². The van der Waals surface area contributed by atoms with Crippen molar-refractivity contribution in [1.82, 2.24) is 9.80 Å². The van der Waals surface area contributed by atoms with Gasteiger partial charge >= 0.3 is 0 Å². The molecule has 0 aliphatic carbocycles. The minimum atomic E-state index is -0.591. The highest BCUT2D eigenvalue weighted by Crippen LogP contribution is 2.30. The second-order valence-corrected chi connectivity index (χ2v) is 7.58. The Morgan fingerprint density at radius 2 is 1.86 bits per heavy atom. The summed E-state index contributed by atoms with van der Waals surface area (Å²) in [6.07, 6.45) is 0. The normalized spacial score (nSPS) is 15.5. The number of hydrogen-bond acceptors (Lipinski definition) is 5. The number of rotatable bonds is 6. The van der Waals surface area contributed by atoms with Crippen LogP contribution in [0.15, 0.2) is 36.4 Å². The number of halogens is 3. The second-order valence-electron chi connectivity index (χ2n) is 6.41. The number of carbonyl (C=O) groups is 1. The van der Waals surface area contributed by atoms with Crippen molar-refractivity contribution in [1.29, 1.82) is 0 Å². The quantitative estimate of drug-likeness (QED) is 0.735. The van der Waals surface area contributed by atoms with Crippen molar-refractivity contribution in [3.05, 3.63) is 47.1 Å². The van der Waals surface area contributed by atoms with Crippen molar-refractivity contribution in [2.75, 3.05) is 39.9 Å². The van der Waals surface area contributed by atoms with Crippen LogP contribution in [0.25, 0.3) is 10.4 Å². The molecule has 1 amide bonds. The predicted molar refractivity (Wildman–Crippen MR) is 116 cm³/mol. The summed E-state index contributed by atoms with van der Waals surface area (Å²) in [6.45, 7) is 4.00. The third-order valence-electron chi connectivity index (χ3n) is 4.53. The van der Waals surface area contributed by atoms with E-state index in [-0.39, 0.29) is 43.1 Å². The van der Waals surface area contributed by atoms with Gasteiger partial charge in [-0.2, -0.15) is 0 Å². The van der Waals surface area contributed by atoms with E-state index in [1.54, 1.807) is 35.5 Å². The van der Waals surface area contributed by atoms with E-state index in [0.29, 0.717) is 18.7 Å². The SMILES string of the molecule is COCC(N)C(=O)N1CCN(Cc2ccc(-c3ccccc3F)s2)CC1.Cl.Cl. The van der Waals surface area contributed by atoms with Crippen LogP contribution >= 0.6 is 36.2 Å². The predicted octanol–water partition coefficient (Wildman–Crippen LogP) is 3.02. The number of nitrogens with zero attached hydrogens (tertiary/aromatic N) is 2. The lowest BCUT2D eigenvalue weighted by Crippen LogP contribution is -2.53. The summed E-state index contributed by atoms with van der Waals surface area (Å²) < 4.78 is 18.9. The molecule has 1 aromatic heterocycles. The van der Waals surface area contributed by atoms with Gasteiger partial charge < -0.3 is 15.4 Å². The maximum atomic E-state index is 13.9. The molecule has 1 aromatic carbocycles. The van der Waals surface area contributed by atoms with Crippen molar-refractivity contribution in [2.45, 2.75) is 12.6 Å². The average molecular weight is 450 g/mol. The van der Waals surface area contributed by atoms with Crippen LogP contribution in [0.3, 0.4) is 0 Å². The van der Waals surface area contributed by atoms with E-state index in [0.717, 1.165) is 24.5 Å². The number of nitrogens with two attached hydrogens (primary N) is 1. The standard InChI is InChI=1S/C19H24FN3O2S.2ClH/c1-25-13-17(21)19(24)23-10-8-22(9-11-23)12-14-6-7-18(26-14)15-4-2-3-5-16(15)20;;/h2-7,17H,8-13,21H2,1H3;2*1H. The molecule has 3 rings (SSSR count). The summed E-state index contributed by atoms with van der Waals surface area (Å²) in [5.41, 5.74) is 6.47. The minimum absolute atomic E-state index is 0. The van der Waals surface area contributed by atoms with Gasteiger partial charge in [-0.25, -0.2) is 4.39 Å². The highest BCUT2D eigenvalue weighted by Gasteiger charge is 2.25. The Balaban J connectivity index is 0.00000196. The van der Waals surface area contributed by atoms with E-state index < -0.39 is 6.04 Å². The Kier molecular flexibility index (Phi) is 10.4. The first-order valence-electron chi connectivity index (χ1n) is 8.67. The number of benzene rings is 1. The molecule has 1 atom stereocenters. The molecule has 0 bridgehead atoms. The monoisotopic (exact) mass is 449 g/mol. The number of ether oxygens (including phenoxy) is 1. The van der Waals surface area contributed by atoms with Crippen LogP contribution in [0.1, 0.15) is 4.88 Å². The average Bonchev–Trinajstić information content (AvgIpc) is 3.10. The fourth-order valence-corrected chi connectivity index (χ4v) is 4.18. The molecule has 9 heteroatoms. The Hall–Kier alpha value is -1.22. The number of thiophene rings is 1. The van der Waals surface area contributed by atoms with E-state index in [9.17, 15) is 9.18 Å². The third-order valence-corrected chi connectivity index (χ3v) is 5.63. The zero-order valence-electron chi connectivity index (χ0n) is 15.7. The van der Waals surface area contributed by atoms with E-state index in [2.05, 4.69) is 11.0 Å². The number of carbonyl (C=O) groups excluding carboxylic acids is 1. The molecule has 0 radical (unpaired) electrons. The fraction of sp³-hybridized carbons (Fsp3) is 0.421. The molecule has 1 fully saturated rings. The van der Waals surface area contributed by atoms with Crippen LogP contribution in [0.2, 0.25) is 0 Å². The fourth-order valence-electron chi connectivity index (χ4n) is 3.10. The van der Waals surface area contributed by atoms with Crippen LogP contribution in [0.5, 0.6) is 0 Å². The lowest BCUT2D eigenvalue weighted by Gasteiger charge is -2.35. The number of amides is 1. The highest BCUT2D eigenvalue weighted by molar-refractivity contribution is 7.15. The Morgan fingerprint density at radius 3 is 2.50 bits per heavy atom. The van der Waals surface area contributed by atoms with Crippen LogP contribution < -0.4 is 5.73 Å². The topological polar surface area (TPSA) is 58.8 Å². The van der Waals surface area contributed by atoms with Crippen molar-refractivity contribution < 1.29 is 13.9 Å². The van der Waals surface area contributed by atoms with Gasteiger partial charge in [0.1, 0.15) is 11.9 Å². The van der Waals surface area contributed by atoms with Crippen LogP contribution in [0.4, 0.5) is 4.39 Å². The summed E-state index contributed by atoms with van der Waals surface area (Å²) >= 11 is 1.61. The first-order chi connectivity index (χ1) is 12.6. The van der Waals surface area contributed by atoms with Gasteiger partial charge in [0.2, 0.25) is 5.91 Å². The van der Waals surface area contributed by atoms with Crippen molar-refractivity contribution >= 4 is 42.1 Å². The summed E-state index contributed by atoms with van der Waals surface area (Å²) in [7, 11) is 1.54. The second kappa shape index (κ2) is 11.7. The van der Waals surface area contributed by atoms with Gasteiger partial charge in [-0.1, -0.05) is 18.2 Å². The van der Waals surface area contributed by atoms with Gasteiger partial charge in [-0.15, -0.1) is 36.2 Å². The van der Waals surface area contributed by atoms with E-state index in [1.165, 1.54) is 10.9 Å². The van der Waals surface area contributed by atoms with Gasteiger partial charge in [0.15, 0.2) is 0 Å². The third kappa shape index (κ3) is 6.14. The molecule has 1 saturated heterocycles. The number of methoxy groups -OCH3 is 1. The first-order valence-corrected chi connectivity index (χ1v) is 9.49. The summed E-state index contributed by atoms with van der Waals surface area (Å²) in [5, 5.41) is 0. The van der Waals surface area contributed by atoms with Gasteiger partial charge in [0.25, 0.3) is 0 Å². The van der Waals surface area contributed by atoms with Crippen LogP contribution in [0, 0.1) is 5.82 Å². The van der Waals surface area contributed by atoms with Gasteiger partial charge in [-0.05, 0) is 18.2 Å². The maximum Gasteiger partial charge on any atom is 0.241 e. The molecule has 2 N–H and O–H groups in total. The zero-order chi connectivity index (χ0) is 18.5. The molecule has 2 heterocycles. The van der Waals surface area contributed by atoms with Gasteiger partial charge in [0, 0.05) is 55.2 Å². The summed E-state index contributed by atoms with van der Waals surface area (Å²) in [4.78, 5) is 18.5. The summed E-state index contributed by atoms with van der Waals surface area (Å²) in [6, 6.07) is 10.3. The van der Waals surface area contributed by atoms with E-state index in [1.807, 2.05) is 12.1 Å². The molecular weight excluding hydrogens is 424 g/mol. The molecule has 0 saturated carbocycles. The number of hydrogen-bond donors (Lipinski definition) is 1. The lowest BCUT2D eigenvalue weighted by molar-refractivity contribution is -0.135. The molecular formula is C19H26Cl2FN3O2S. The Morgan fingerprint density at radius 1 is 1.18 bits per heavy atom. The first kappa shape index (κ1) is 24.8. The molecule has 28 heavy (non-hydrogen) atoms. The van der Waals surface area contributed by atoms with E-state index >= 15 is 0 Å². The molecule has 1 aliphatic heterocycles. The van der Waals surface area contributed by atoms with Crippen LogP contribution in [-0.2, 0) is 16.1 Å². The Bertz CT molecular complexity index is 754. The molecule has 5 nitrogen and oxygen atoms in total. The number of piperazine rings is 1. The molecule has 1 aliphatic rings. The lowest BCUT2D eigenvalue weighted by atomic mass is 10.2. The summed E-state index contributed by atoms with van der Waals surface area (Å²) in [5.74, 6) is -0.245. The largest absolute Gasteiger partial charge is 0.383 e. The Labute approximate surface area is 181 Å². The molecule has 2 aromatic rings. The molecule has 1 unspecified atom stereocenters. The molecule has 0 spiro atoms.